The Morgan fingerprint density at radius 3 is 2.87 bits per heavy atom. The van der Waals surface area contributed by atoms with Crippen LogP contribution in [-0.4, -0.2) is 39.8 Å². The van der Waals surface area contributed by atoms with E-state index in [-0.39, 0.29) is 12.0 Å². The molecule has 0 aromatic carbocycles. The van der Waals surface area contributed by atoms with Crippen molar-refractivity contribution in [2.24, 2.45) is 5.41 Å². The Kier molecular flexibility index (Phi) is 4.71. The Morgan fingerprint density at radius 1 is 1.47 bits per heavy atom. The minimum atomic E-state index is -0.0345. The molecule has 0 radical (unpaired) electrons. The maximum Gasteiger partial charge on any atom is 0.0692 e. The molecule has 0 atom stereocenters. The smallest absolute Gasteiger partial charge is 0.0692 e. The molecule has 0 amide bonds. The molecular weight excluding hydrogens is 192 g/mol. The molecule has 0 aliphatic carbocycles. The van der Waals surface area contributed by atoms with Gasteiger partial charge >= 0.3 is 0 Å². The zero-order valence-electron chi connectivity index (χ0n) is 9.48. The van der Waals surface area contributed by atoms with Crippen LogP contribution in [0.15, 0.2) is 12.4 Å². The van der Waals surface area contributed by atoms with Crippen molar-refractivity contribution in [3.05, 3.63) is 12.4 Å². The fourth-order valence-corrected chi connectivity index (χ4v) is 1.20. The number of nitrogens with zero attached hydrogens (tertiary/aromatic N) is 3. The summed E-state index contributed by atoms with van der Waals surface area (Å²) in [5.41, 5.74) is -0.0345. The van der Waals surface area contributed by atoms with Crippen molar-refractivity contribution in [3.8, 4) is 0 Å². The molecule has 2 N–H and O–H groups in total. The number of aryl methyl sites for hydroxylation is 1. The monoisotopic (exact) mass is 212 g/mol. The molecular formula is C10H20N4O. The van der Waals surface area contributed by atoms with Crippen LogP contribution in [0.1, 0.15) is 20.3 Å². The van der Waals surface area contributed by atoms with Crippen molar-refractivity contribution in [1.82, 2.24) is 20.3 Å². The van der Waals surface area contributed by atoms with Gasteiger partial charge in [0.2, 0.25) is 0 Å². The summed E-state index contributed by atoms with van der Waals surface area (Å²) in [5.74, 6) is 0. The normalized spacial score (nSPS) is 11.9. The lowest BCUT2D eigenvalue weighted by Crippen LogP contribution is -2.33. The second kappa shape index (κ2) is 5.82. The molecule has 0 aliphatic rings. The largest absolute Gasteiger partial charge is 0.396 e. The zero-order valence-corrected chi connectivity index (χ0v) is 9.48. The number of hydrogen-bond acceptors (Lipinski definition) is 4. The van der Waals surface area contributed by atoms with E-state index in [4.69, 9.17) is 5.11 Å². The highest BCUT2D eigenvalue weighted by molar-refractivity contribution is 4.70. The predicted molar refractivity (Wildman–Crippen MR) is 58.4 cm³/mol. The van der Waals surface area contributed by atoms with E-state index >= 15 is 0 Å². The SMILES string of the molecule is CC(C)(CO)CNCCCn1ccnn1. The molecule has 0 aliphatic heterocycles. The molecule has 0 bridgehead atoms. The van der Waals surface area contributed by atoms with Crippen LogP contribution in [-0.2, 0) is 6.54 Å². The Morgan fingerprint density at radius 2 is 2.27 bits per heavy atom. The third kappa shape index (κ3) is 4.90. The van der Waals surface area contributed by atoms with E-state index in [1.165, 1.54) is 0 Å². The summed E-state index contributed by atoms with van der Waals surface area (Å²) in [6.07, 6.45) is 4.56. The number of nitrogens with one attached hydrogen (secondary N) is 1. The summed E-state index contributed by atoms with van der Waals surface area (Å²) in [6.45, 7) is 6.94. The first kappa shape index (κ1) is 12.1. The van der Waals surface area contributed by atoms with Gasteiger partial charge in [-0.1, -0.05) is 19.1 Å². The van der Waals surface area contributed by atoms with Crippen molar-refractivity contribution in [3.63, 3.8) is 0 Å². The van der Waals surface area contributed by atoms with E-state index in [9.17, 15) is 0 Å². The second-order valence-corrected chi connectivity index (χ2v) is 4.52. The quantitative estimate of drug-likeness (QED) is 0.637. The van der Waals surface area contributed by atoms with Crippen LogP contribution in [0.25, 0.3) is 0 Å². The van der Waals surface area contributed by atoms with Gasteiger partial charge in [-0.05, 0) is 13.0 Å². The Bertz CT molecular complexity index is 258. The van der Waals surface area contributed by atoms with Crippen molar-refractivity contribution < 1.29 is 5.11 Å². The molecule has 1 rings (SSSR count). The molecule has 1 aromatic heterocycles. The van der Waals surface area contributed by atoms with E-state index in [1.54, 1.807) is 6.20 Å². The molecule has 0 unspecified atom stereocenters. The average Bonchev–Trinajstić information content (AvgIpc) is 2.70. The van der Waals surface area contributed by atoms with Gasteiger partial charge in [-0.15, -0.1) is 5.10 Å². The standard InChI is InChI=1S/C10H20N4O/c1-10(2,9-15)8-11-4-3-6-14-7-5-12-13-14/h5,7,11,15H,3-4,6,8-9H2,1-2H3. The molecule has 0 saturated carbocycles. The van der Waals surface area contributed by atoms with Gasteiger partial charge in [0, 0.05) is 31.3 Å². The third-order valence-corrected chi connectivity index (χ3v) is 2.24. The molecule has 0 saturated heterocycles. The van der Waals surface area contributed by atoms with Gasteiger partial charge in [0.1, 0.15) is 0 Å². The molecule has 5 nitrogen and oxygen atoms in total. The minimum absolute atomic E-state index is 0.0345. The van der Waals surface area contributed by atoms with Gasteiger partial charge < -0.3 is 10.4 Å². The van der Waals surface area contributed by atoms with Crippen LogP contribution in [0.3, 0.4) is 0 Å². The van der Waals surface area contributed by atoms with Gasteiger partial charge in [-0.3, -0.25) is 4.68 Å². The van der Waals surface area contributed by atoms with Crippen molar-refractivity contribution in [1.29, 1.82) is 0 Å². The lowest BCUT2D eigenvalue weighted by atomic mass is 9.95. The molecule has 0 spiro atoms. The highest BCUT2D eigenvalue weighted by atomic mass is 16.3. The topological polar surface area (TPSA) is 63.0 Å². The third-order valence-electron chi connectivity index (χ3n) is 2.24. The van der Waals surface area contributed by atoms with E-state index in [0.717, 1.165) is 26.1 Å². The van der Waals surface area contributed by atoms with Crippen LogP contribution in [0.2, 0.25) is 0 Å². The fraction of sp³-hybridized carbons (Fsp3) is 0.800. The summed E-state index contributed by atoms with van der Waals surface area (Å²) >= 11 is 0. The summed E-state index contributed by atoms with van der Waals surface area (Å²) in [4.78, 5) is 0. The van der Waals surface area contributed by atoms with Gasteiger partial charge in [0.25, 0.3) is 0 Å². The maximum atomic E-state index is 9.04. The van der Waals surface area contributed by atoms with E-state index < -0.39 is 0 Å². The molecule has 5 heteroatoms. The van der Waals surface area contributed by atoms with E-state index in [0.29, 0.717) is 0 Å². The van der Waals surface area contributed by atoms with Crippen molar-refractivity contribution in [2.45, 2.75) is 26.8 Å². The van der Waals surface area contributed by atoms with Gasteiger partial charge in [-0.25, -0.2) is 0 Å². The second-order valence-electron chi connectivity index (χ2n) is 4.52. The number of aliphatic hydroxyl groups is 1. The number of aromatic nitrogens is 3. The van der Waals surface area contributed by atoms with Gasteiger partial charge in [-0.2, -0.15) is 0 Å². The highest BCUT2D eigenvalue weighted by Gasteiger charge is 2.14. The van der Waals surface area contributed by atoms with Crippen LogP contribution in [0.5, 0.6) is 0 Å². The fourth-order valence-electron chi connectivity index (χ4n) is 1.20. The first-order valence-corrected chi connectivity index (χ1v) is 5.30. The summed E-state index contributed by atoms with van der Waals surface area (Å²) < 4.78 is 1.82. The van der Waals surface area contributed by atoms with Crippen molar-refractivity contribution in [2.75, 3.05) is 19.7 Å². The van der Waals surface area contributed by atoms with Gasteiger partial charge in [0.05, 0.1) is 6.20 Å². The number of aliphatic hydroxyl groups excluding tert-OH is 1. The van der Waals surface area contributed by atoms with Gasteiger partial charge in [0.15, 0.2) is 0 Å². The van der Waals surface area contributed by atoms with Crippen LogP contribution < -0.4 is 5.32 Å². The average molecular weight is 212 g/mol. The summed E-state index contributed by atoms with van der Waals surface area (Å²) in [6, 6.07) is 0. The predicted octanol–water partition coefficient (Wildman–Crippen LogP) is 0.276. The Hall–Kier alpha value is -0.940. The van der Waals surface area contributed by atoms with Crippen LogP contribution in [0.4, 0.5) is 0 Å². The highest BCUT2D eigenvalue weighted by Crippen LogP contribution is 2.10. The lowest BCUT2D eigenvalue weighted by Gasteiger charge is -2.21. The number of rotatable bonds is 7. The molecule has 15 heavy (non-hydrogen) atoms. The Labute approximate surface area is 90.5 Å². The Balaban J connectivity index is 2.03. The molecule has 1 aromatic rings. The van der Waals surface area contributed by atoms with E-state index in [1.807, 2.05) is 24.7 Å². The molecule has 0 fully saturated rings. The molecule has 86 valence electrons. The minimum Gasteiger partial charge on any atom is -0.396 e. The first-order valence-electron chi connectivity index (χ1n) is 5.30. The maximum absolute atomic E-state index is 9.04. The first-order chi connectivity index (χ1) is 7.14. The van der Waals surface area contributed by atoms with Crippen LogP contribution in [0, 0.1) is 5.41 Å². The van der Waals surface area contributed by atoms with Crippen molar-refractivity contribution >= 4 is 0 Å². The molecule has 1 heterocycles. The lowest BCUT2D eigenvalue weighted by molar-refractivity contribution is 0.157. The summed E-state index contributed by atoms with van der Waals surface area (Å²) in [5, 5.41) is 20.0. The summed E-state index contributed by atoms with van der Waals surface area (Å²) in [7, 11) is 0. The zero-order chi connectivity index (χ0) is 11.1. The van der Waals surface area contributed by atoms with E-state index in [2.05, 4.69) is 15.6 Å². The van der Waals surface area contributed by atoms with Crippen LogP contribution >= 0.6 is 0 Å². The number of hydrogen-bond donors (Lipinski definition) is 2.